The van der Waals surface area contributed by atoms with Gasteiger partial charge in [-0.15, -0.1) is 0 Å². The molecule has 3 atom stereocenters. The molecule has 12 heteroatoms. The van der Waals surface area contributed by atoms with Crippen molar-refractivity contribution in [2.75, 3.05) is 56.2 Å². The quantitative estimate of drug-likeness (QED) is 0.318. The van der Waals surface area contributed by atoms with E-state index in [1.165, 1.54) is 23.7 Å². The summed E-state index contributed by atoms with van der Waals surface area (Å²) < 4.78 is 15.0. The van der Waals surface area contributed by atoms with Crippen molar-refractivity contribution in [3.8, 4) is 12.1 Å². The van der Waals surface area contributed by atoms with Crippen molar-refractivity contribution < 1.29 is 14.3 Å². The summed E-state index contributed by atoms with van der Waals surface area (Å²) in [7, 11) is 2.20. The first-order valence-corrected chi connectivity index (χ1v) is 18.1. The van der Waals surface area contributed by atoms with Crippen LogP contribution in [0.15, 0.2) is 31.0 Å². The van der Waals surface area contributed by atoms with Crippen molar-refractivity contribution in [2.45, 2.75) is 95.2 Å². The average Bonchev–Trinajstić information content (AvgIpc) is 3.53. The van der Waals surface area contributed by atoms with E-state index in [1.807, 2.05) is 6.20 Å². The number of carbonyl (C=O) groups excluding carboxylic acids is 1. The van der Waals surface area contributed by atoms with E-state index < -0.39 is 0 Å². The van der Waals surface area contributed by atoms with E-state index in [-0.39, 0.29) is 30.2 Å². The van der Waals surface area contributed by atoms with Crippen LogP contribution in [0.5, 0.6) is 6.01 Å². The van der Waals surface area contributed by atoms with Crippen LogP contribution in [0.25, 0.3) is 10.9 Å². The molecule has 8 rings (SSSR count). The molecule has 4 aliphatic heterocycles. The van der Waals surface area contributed by atoms with Crippen LogP contribution in [0.2, 0.25) is 0 Å². The number of rotatable bonds is 8. The maximum Gasteiger partial charge on any atom is 0.319 e. The van der Waals surface area contributed by atoms with Crippen LogP contribution < -0.4 is 14.5 Å². The van der Waals surface area contributed by atoms with Gasteiger partial charge in [-0.2, -0.15) is 20.3 Å². The van der Waals surface area contributed by atoms with Crippen molar-refractivity contribution in [2.24, 2.45) is 0 Å². The first kappa shape index (κ1) is 32.0. The lowest BCUT2D eigenvalue weighted by Crippen LogP contribution is -2.55. The fraction of sp³-hybridized carbons (Fsp3) is 0.595. The highest BCUT2D eigenvalue weighted by atomic mass is 16.5. The normalized spacial score (nSPS) is 25.2. The molecule has 0 spiro atoms. The number of carbonyl (C=O) groups is 1. The number of hydrogen-bond acceptors (Lipinski definition) is 10. The zero-order chi connectivity index (χ0) is 33.7. The number of aromatic nitrogens is 4. The molecule has 258 valence electrons. The van der Waals surface area contributed by atoms with Crippen LogP contribution in [-0.2, 0) is 22.5 Å². The van der Waals surface area contributed by atoms with E-state index in [0.29, 0.717) is 38.2 Å². The maximum atomic E-state index is 12.7. The molecule has 0 N–H and O–H groups in total. The van der Waals surface area contributed by atoms with Crippen molar-refractivity contribution >= 4 is 28.3 Å². The molecular weight excluding hydrogens is 618 g/mol. The Morgan fingerprint density at radius 1 is 1.14 bits per heavy atom. The van der Waals surface area contributed by atoms with Gasteiger partial charge in [-0.1, -0.05) is 12.6 Å². The van der Waals surface area contributed by atoms with Gasteiger partial charge in [0.2, 0.25) is 5.91 Å². The number of fused-ring (bicyclic) bond motifs is 2. The SMILES string of the molecule is C=CC(=O)N1CCN(c2nc(OC3([C@@H]4CCCN4C)CC3)nc3c2CCN(c2c(C)ccc4c2cnn4C2CCCCO2)C3)C[C@@H]1CC#N. The zero-order valence-electron chi connectivity index (χ0n) is 28.8. The lowest BCUT2D eigenvalue weighted by atomic mass is 10.0. The number of likely N-dealkylation sites (tertiary alicyclic amines) is 1. The van der Waals surface area contributed by atoms with Gasteiger partial charge in [0.25, 0.3) is 0 Å². The third kappa shape index (κ3) is 5.80. The molecule has 1 aliphatic carbocycles. The zero-order valence-corrected chi connectivity index (χ0v) is 28.8. The smallest absolute Gasteiger partial charge is 0.319 e. The number of anilines is 2. The second kappa shape index (κ2) is 12.9. The molecule has 12 nitrogen and oxygen atoms in total. The van der Waals surface area contributed by atoms with Crippen LogP contribution >= 0.6 is 0 Å². The molecule has 1 saturated carbocycles. The van der Waals surface area contributed by atoms with Crippen LogP contribution in [0.3, 0.4) is 0 Å². The van der Waals surface area contributed by atoms with Crippen molar-refractivity contribution in [3.63, 3.8) is 0 Å². The summed E-state index contributed by atoms with van der Waals surface area (Å²) in [5, 5.41) is 15.6. The molecule has 49 heavy (non-hydrogen) atoms. The maximum absolute atomic E-state index is 12.7. The van der Waals surface area contributed by atoms with Crippen molar-refractivity contribution in [3.05, 3.63) is 47.8 Å². The van der Waals surface area contributed by atoms with Gasteiger partial charge < -0.3 is 24.2 Å². The van der Waals surface area contributed by atoms with Crippen molar-refractivity contribution in [1.29, 1.82) is 5.26 Å². The number of nitrogens with zero attached hydrogens (tertiary/aromatic N) is 9. The number of piperazine rings is 1. The number of nitriles is 1. The predicted octanol–water partition coefficient (Wildman–Crippen LogP) is 4.52. The van der Waals surface area contributed by atoms with Crippen LogP contribution in [0.1, 0.15) is 74.4 Å². The highest BCUT2D eigenvalue weighted by molar-refractivity contribution is 5.94. The van der Waals surface area contributed by atoms with E-state index in [0.717, 1.165) is 92.6 Å². The van der Waals surface area contributed by atoms with Gasteiger partial charge in [-0.25, -0.2) is 4.68 Å². The molecular formula is C37H47N9O3. The summed E-state index contributed by atoms with van der Waals surface area (Å²) in [6, 6.07) is 7.22. The van der Waals surface area contributed by atoms with Crippen LogP contribution in [0, 0.1) is 18.3 Å². The fourth-order valence-corrected chi connectivity index (χ4v) is 8.79. The number of likely N-dealkylation sites (N-methyl/N-ethyl adjacent to an activating group) is 1. The minimum absolute atomic E-state index is 0.0281. The predicted molar refractivity (Wildman–Crippen MR) is 186 cm³/mol. The van der Waals surface area contributed by atoms with E-state index in [1.54, 1.807) is 4.90 Å². The highest BCUT2D eigenvalue weighted by Gasteiger charge is 2.55. The molecule has 0 bridgehead atoms. The van der Waals surface area contributed by atoms with Gasteiger partial charge in [0, 0.05) is 49.8 Å². The van der Waals surface area contributed by atoms with Gasteiger partial charge in [0.05, 0.1) is 48.2 Å². The lowest BCUT2D eigenvalue weighted by molar-refractivity contribution is -0.128. The van der Waals surface area contributed by atoms with Crippen molar-refractivity contribution in [1.82, 2.24) is 29.5 Å². The van der Waals surface area contributed by atoms with Gasteiger partial charge in [-0.3, -0.25) is 9.69 Å². The Hall–Kier alpha value is -4.21. The van der Waals surface area contributed by atoms with E-state index in [4.69, 9.17) is 24.5 Å². The van der Waals surface area contributed by atoms with Gasteiger partial charge in [0.15, 0.2) is 6.23 Å². The Balaban J connectivity index is 1.15. The highest BCUT2D eigenvalue weighted by Crippen LogP contribution is 2.48. The summed E-state index contributed by atoms with van der Waals surface area (Å²) in [4.78, 5) is 31.9. The van der Waals surface area contributed by atoms with E-state index >= 15 is 0 Å². The largest absolute Gasteiger partial charge is 0.455 e. The third-order valence-electron chi connectivity index (χ3n) is 11.5. The number of amides is 1. The summed E-state index contributed by atoms with van der Waals surface area (Å²) in [6.07, 6.45) is 11.9. The van der Waals surface area contributed by atoms with Gasteiger partial charge in [0.1, 0.15) is 11.4 Å². The Kier molecular flexibility index (Phi) is 8.44. The average molecular weight is 666 g/mol. The topological polar surface area (TPSA) is 116 Å². The minimum Gasteiger partial charge on any atom is -0.455 e. The first-order valence-electron chi connectivity index (χ1n) is 18.1. The van der Waals surface area contributed by atoms with Crippen LogP contribution in [-0.4, -0.2) is 99.5 Å². The Morgan fingerprint density at radius 2 is 2.02 bits per heavy atom. The molecule has 5 aliphatic rings. The second-order valence-electron chi connectivity index (χ2n) is 14.5. The van der Waals surface area contributed by atoms with Gasteiger partial charge in [-0.05, 0) is 89.6 Å². The van der Waals surface area contributed by atoms with E-state index in [9.17, 15) is 10.1 Å². The van der Waals surface area contributed by atoms with Gasteiger partial charge >= 0.3 is 6.01 Å². The number of hydrogen-bond donors (Lipinski definition) is 0. The number of aryl methyl sites for hydroxylation is 1. The summed E-state index contributed by atoms with van der Waals surface area (Å²) >= 11 is 0. The number of ether oxygens (including phenoxy) is 2. The molecule has 4 fully saturated rings. The van der Waals surface area contributed by atoms with E-state index in [2.05, 4.69) is 58.1 Å². The summed E-state index contributed by atoms with van der Waals surface area (Å²) in [5.41, 5.74) is 5.34. The second-order valence-corrected chi connectivity index (χ2v) is 14.5. The van der Waals surface area contributed by atoms with Crippen LogP contribution in [0.4, 0.5) is 11.5 Å². The fourth-order valence-electron chi connectivity index (χ4n) is 8.79. The Morgan fingerprint density at radius 3 is 2.76 bits per heavy atom. The lowest BCUT2D eigenvalue weighted by Gasteiger charge is -2.42. The molecule has 1 aromatic carbocycles. The standard InChI is InChI=1S/C37H47N9O3/c1-4-32(47)45-20-19-44(23-26(45)12-16-38)35-27-13-18-43(24-29(27)40-36(41-35)49-37(14-15-37)31-8-7-17-42(31)3)34-25(2)10-11-30-28(34)22-39-46(30)33-9-5-6-21-48-33/h4,10-11,22,26,31,33H,1,5-9,12-15,17-21,23-24H2,2-3H3/t26-,31-,33?/m0/s1. The monoisotopic (exact) mass is 665 g/mol. The minimum atomic E-state index is -0.249. The Labute approximate surface area is 288 Å². The molecule has 1 unspecified atom stereocenters. The molecule has 0 radical (unpaired) electrons. The molecule has 1 amide bonds. The molecule has 3 aromatic rings. The third-order valence-corrected chi connectivity index (χ3v) is 11.5. The molecule has 3 saturated heterocycles. The summed E-state index contributed by atoms with van der Waals surface area (Å²) in [5.74, 6) is 0.740. The first-order chi connectivity index (χ1) is 23.9. The molecule has 2 aromatic heterocycles. The number of benzene rings is 1. The Bertz CT molecular complexity index is 1790. The molecule has 6 heterocycles. The summed E-state index contributed by atoms with van der Waals surface area (Å²) in [6.45, 7) is 10.8.